The third-order valence-electron chi connectivity index (χ3n) is 8.89. The summed E-state index contributed by atoms with van der Waals surface area (Å²) in [6.07, 6.45) is 0. The number of benzene rings is 6. The Morgan fingerprint density at radius 2 is 0.929 bits per heavy atom. The Kier molecular flexibility index (Phi) is 6.78. The Morgan fingerprint density at radius 3 is 1.50 bits per heavy atom. The van der Waals surface area contributed by atoms with Crippen LogP contribution in [0.3, 0.4) is 0 Å². The van der Waals surface area contributed by atoms with Crippen molar-refractivity contribution in [2.24, 2.45) is 0 Å². The van der Waals surface area contributed by atoms with Gasteiger partial charge in [-0.25, -0.2) is 0 Å². The second-order valence-electron chi connectivity index (χ2n) is 12.1. The molecule has 0 aromatic heterocycles. The molecule has 0 N–H and O–H groups in total. The van der Waals surface area contributed by atoms with Crippen LogP contribution in [0.2, 0.25) is 0 Å². The SMILES string of the molecule is CC1(C)OB(c2ccccc2-c2ccccc2P(c2ccc3ccccc3c2)c2ccc3ccccc3c2)OC1(C)C. The van der Waals surface area contributed by atoms with Gasteiger partial charge < -0.3 is 9.31 Å². The van der Waals surface area contributed by atoms with Crippen molar-refractivity contribution in [2.75, 3.05) is 0 Å². The molecule has 1 aliphatic rings. The lowest BCUT2D eigenvalue weighted by molar-refractivity contribution is 0.00578. The highest BCUT2D eigenvalue weighted by Gasteiger charge is 2.52. The van der Waals surface area contributed by atoms with Crippen LogP contribution < -0.4 is 21.4 Å². The molecule has 1 heterocycles. The molecule has 1 saturated heterocycles. The summed E-state index contributed by atoms with van der Waals surface area (Å²) in [6.45, 7) is 8.45. The molecular weight excluding hydrogens is 530 g/mol. The van der Waals surface area contributed by atoms with E-state index >= 15 is 0 Å². The van der Waals surface area contributed by atoms with E-state index in [9.17, 15) is 0 Å². The van der Waals surface area contributed by atoms with Crippen LogP contribution in [-0.2, 0) is 9.31 Å². The number of hydrogen-bond donors (Lipinski definition) is 0. The summed E-state index contributed by atoms with van der Waals surface area (Å²) < 4.78 is 13.1. The van der Waals surface area contributed by atoms with Crippen molar-refractivity contribution in [2.45, 2.75) is 38.9 Å². The second kappa shape index (κ2) is 10.5. The zero-order chi connectivity index (χ0) is 28.9. The summed E-state index contributed by atoms with van der Waals surface area (Å²) in [5.74, 6) is 0. The predicted octanol–water partition coefficient (Wildman–Crippen LogP) is 7.72. The molecule has 6 aromatic rings. The number of rotatable bonds is 5. The minimum absolute atomic E-state index is 0.410. The molecule has 0 spiro atoms. The van der Waals surface area contributed by atoms with Crippen molar-refractivity contribution in [1.82, 2.24) is 0 Å². The molecule has 2 nitrogen and oxygen atoms in total. The Morgan fingerprint density at radius 1 is 0.476 bits per heavy atom. The fraction of sp³-hybridized carbons (Fsp3) is 0.158. The molecule has 0 saturated carbocycles. The first-order valence-corrected chi connectivity index (χ1v) is 16.0. The highest BCUT2D eigenvalue weighted by Crippen LogP contribution is 2.40. The van der Waals surface area contributed by atoms with E-state index in [1.165, 1.54) is 43.0 Å². The zero-order valence-electron chi connectivity index (χ0n) is 24.5. The molecule has 0 aliphatic carbocycles. The summed E-state index contributed by atoms with van der Waals surface area (Å²) in [6, 6.07) is 48.7. The first-order valence-electron chi connectivity index (χ1n) is 14.6. The van der Waals surface area contributed by atoms with Crippen molar-refractivity contribution >= 4 is 58.0 Å². The maximum atomic E-state index is 6.56. The van der Waals surface area contributed by atoms with Gasteiger partial charge in [0.1, 0.15) is 0 Å². The molecule has 6 aromatic carbocycles. The maximum Gasteiger partial charge on any atom is 0.495 e. The van der Waals surface area contributed by atoms with Crippen LogP contribution >= 0.6 is 7.92 Å². The van der Waals surface area contributed by atoms with Crippen LogP contribution in [0.1, 0.15) is 27.7 Å². The Hall–Kier alpha value is -3.75. The van der Waals surface area contributed by atoms with Crippen LogP contribution in [0.4, 0.5) is 0 Å². The van der Waals surface area contributed by atoms with Gasteiger partial charge in [0.2, 0.25) is 0 Å². The molecule has 4 heteroatoms. The molecule has 206 valence electrons. The van der Waals surface area contributed by atoms with Crippen LogP contribution in [-0.4, -0.2) is 18.3 Å². The molecule has 0 amide bonds. The largest absolute Gasteiger partial charge is 0.495 e. The third kappa shape index (κ3) is 4.76. The van der Waals surface area contributed by atoms with Crippen molar-refractivity contribution < 1.29 is 9.31 Å². The van der Waals surface area contributed by atoms with E-state index in [1.54, 1.807) is 0 Å². The van der Waals surface area contributed by atoms with Crippen molar-refractivity contribution in [3.63, 3.8) is 0 Å². The minimum Gasteiger partial charge on any atom is -0.399 e. The number of fused-ring (bicyclic) bond motifs is 2. The van der Waals surface area contributed by atoms with Gasteiger partial charge in [-0.2, -0.15) is 0 Å². The standard InChI is InChI=1S/C38H34BO2P/c1-37(2)38(3,4)41-39(40-37)35-19-11-9-17-33(35)34-18-10-12-20-36(34)42(31-23-21-27-13-5-7-15-29(27)25-31)32-24-22-28-14-6-8-16-30(28)26-32/h5-26H,1-4H3. The molecule has 1 aliphatic heterocycles. The molecular formula is C38H34BO2P. The zero-order valence-corrected chi connectivity index (χ0v) is 25.4. The lowest BCUT2D eigenvalue weighted by Gasteiger charge is -2.32. The lowest BCUT2D eigenvalue weighted by atomic mass is 9.74. The second-order valence-corrected chi connectivity index (χ2v) is 14.3. The van der Waals surface area contributed by atoms with Gasteiger partial charge in [-0.1, -0.05) is 121 Å². The summed E-state index contributed by atoms with van der Waals surface area (Å²) in [5.41, 5.74) is 2.62. The fourth-order valence-electron chi connectivity index (χ4n) is 5.87. The Labute approximate surface area is 250 Å². The van der Waals surface area contributed by atoms with Crippen molar-refractivity contribution in [3.05, 3.63) is 133 Å². The number of hydrogen-bond acceptors (Lipinski definition) is 2. The molecule has 0 radical (unpaired) electrons. The van der Waals surface area contributed by atoms with E-state index in [0.717, 1.165) is 11.0 Å². The topological polar surface area (TPSA) is 18.5 Å². The monoisotopic (exact) mass is 564 g/mol. The van der Waals surface area contributed by atoms with Crippen molar-refractivity contribution in [3.8, 4) is 11.1 Å². The van der Waals surface area contributed by atoms with Gasteiger partial charge in [0, 0.05) is 0 Å². The van der Waals surface area contributed by atoms with E-state index in [1.807, 2.05) is 0 Å². The van der Waals surface area contributed by atoms with Gasteiger partial charge in [-0.3, -0.25) is 0 Å². The Bertz CT molecular complexity index is 1830. The highest BCUT2D eigenvalue weighted by atomic mass is 31.1. The van der Waals surface area contributed by atoms with Crippen LogP contribution in [0.25, 0.3) is 32.7 Å². The van der Waals surface area contributed by atoms with Gasteiger partial charge in [0.15, 0.2) is 0 Å². The fourth-order valence-corrected chi connectivity index (χ4v) is 8.38. The van der Waals surface area contributed by atoms with Gasteiger partial charge in [0.25, 0.3) is 0 Å². The van der Waals surface area contributed by atoms with E-state index in [4.69, 9.17) is 9.31 Å². The molecule has 0 unspecified atom stereocenters. The summed E-state index contributed by atoms with van der Waals surface area (Å²) in [5, 5.41) is 9.03. The molecule has 0 atom stereocenters. The lowest BCUT2D eigenvalue weighted by Crippen LogP contribution is -2.41. The van der Waals surface area contributed by atoms with Gasteiger partial charge in [-0.15, -0.1) is 0 Å². The average Bonchev–Trinajstić information content (AvgIpc) is 3.23. The van der Waals surface area contributed by atoms with Crippen LogP contribution in [0.15, 0.2) is 133 Å². The minimum atomic E-state index is -0.881. The van der Waals surface area contributed by atoms with E-state index < -0.39 is 26.2 Å². The van der Waals surface area contributed by atoms with E-state index in [-0.39, 0.29) is 0 Å². The first kappa shape index (κ1) is 27.1. The maximum absolute atomic E-state index is 6.56. The predicted molar refractivity (Wildman–Crippen MR) is 181 cm³/mol. The quantitative estimate of drug-likeness (QED) is 0.158. The third-order valence-corrected chi connectivity index (χ3v) is 11.3. The smallest absolute Gasteiger partial charge is 0.399 e. The van der Waals surface area contributed by atoms with Gasteiger partial charge in [0.05, 0.1) is 11.2 Å². The van der Waals surface area contributed by atoms with Crippen LogP contribution in [0.5, 0.6) is 0 Å². The van der Waals surface area contributed by atoms with Gasteiger partial charge >= 0.3 is 7.12 Å². The summed E-state index contributed by atoms with van der Waals surface area (Å²) in [7, 11) is -1.32. The molecule has 1 fully saturated rings. The average molecular weight is 564 g/mol. The molecule has 0 bridgehead atoms. The summed E-state index contributed by atoms with van der Waals surface area (Å²) >= 11 is 0. The summed E-state index contributed by atoms with van der Waals surface area (Å²) in [4.78, 5) is 0. The van der Waals surface area contributed by atoms with Gasteiger partial charge in [-0.05, 0) is 102 Å². The normalized spacial score (nSPS) is 16.0. The van der Waals surface area contributed by atoms with Crippen molar-refractivity contribution in [1.29, 1.82) is 0 Å². The Balaban J connectivity index is 1.43. The highest BCUT2D eigenvalue weighted by molar-refractivity contribution is 7.80. The molecule has 42 heavy (non-hydrogen) atoms. The van der Waals surface area contributed by atoms with E-state index in [0.29, 0.717) is 0 Å². The first-order chi connectivity index (χ1) is 20.3. The van der Waals surface area contributed by atoms with Crippen LogP contribution in [0, 0.1) is 0 Å². The van der Waals surface area contributed by atoms with E-state index in [2.05, 4.69) is 161 Å². The molecule has 7 rings (SSSR count).